The van der Waals surface area contributed by atoms with Crippen molar-refractivity contribution < 1.29 is 28.6 Å². The number of benzene rings is 3. The first-order chi connectivity index (χ1) is 16.0. The topological polar surface area (TPSA) is 115 Å². The Balaban J connectivity index is 1.41. The minimum Gasteiger partial charge on any atom is -0.497 e. The number of para-hydroxylation sites is 1. The molecule has 0 spiro atoms. The first-order valence-electron chi connectivity index (χ1n) is 10.1. The van der Waals surface area contributed by atoms with Crippen LogP contribution in [0.4, 0.5) is 5.69 Å². The molecule has 0 unspecified atom stereocenters. The third kappa shape index (κ3) is 5.04. The number of hydrogen-bond acceptors (Lipinski definition) is 6. The van der Waals surface area contributed by atoms with E-state index in [0.717, 1.165) is 0 Å². The van der Waals surface area contributed by atoms with Gasteiger partial charge in [-0.2, -0.15) is 0 Å². The van der Waals surface area contributed by atoms with Gasteiger partial charge < -0.3 is 19.5 Å². The first kappa shape index (κ1) is 21.7. The third-order valence-electron chi connectivity index (χ3n) is 4.87. The minimum absolute atomic E-state index is 0.182. The van der Waals surface area contributed by atoms with Crippen molar-refractivity contribution in [3.05, 3.63) is 83.4 Å². The van der Waals surface area contributed by atoms with E-state index in [2.05, 4.69) is 16.2 Å². The highest BCUT2D eigenvalue weighted by Crippen LogP contribution is 2.30. The SMILES string of the molecule is COc1ccc(C(=O)Nc2ccccc2C(=O)NNC(=O)c2ccc3c(c2)OCCO3)cc1. The number of ether oxygens (including phenoxy) is 3. The fourth-order valence-corrected chi connectivity index (χ4v) is 3.16. The lowest BCUT2D eigenvalue weighted by Gasteiger charge is -2.18. The molecule has 168 valence electrons. The Kier molecular flexibility index (Phi) is 6.40. The molecule has 3 N–H and O–H groups in total. The van der Waals surface area contributed by atoms with E-state index in [1.807, 2.05) is 0 Å². The number of carbonyl (C=O) groups is 3. The second kappa shape index (κ2) is 9.73. The molecule has 4 rings (SSSR count). The van der Waals surface area contributed by atoms with Crippen molar-refractivity contribution in [2.45, 2.75) is 0 Å². The number of rotatable bonds is 5. The fourth-order valence-electron chi connectivity index (χ4n) is 3.16. The van der Waals surface area contributed by atoms with Gasteiger partial charge in [-0.05, 0) is 54.6 Å². The maximum Gasteiger partial charge on any atom is 0.271 e. The van der Waals surface area contributed by atoms with Crippen LogP contribution in [0.25, 0.3) is 0 Å². The lowest BCUT2D eigenvalue weighted by molar-refractivity contribution is 0.0846. The Morgan fingerprint density at radius 3 is 2.18 bits per heavy atom. The van der Waals surface area contributed by atoms with Gasteiger partial charge in [0.25, 0.3) is 17.7 Å². The number of amides is 3. The zero-order valence-electron chi connectivity index (χ0n) is 17.7. The molecule has 0 atom stereocenters. The summed E-state index contributed by atoms with van der Waals surface area (Å²) in [5.74, 6) is 0.139. The highest BCUT2D eigenvalue weighted by molar-refractivity contribution is 6.09. The molecule has 0 aliphatic carbocycles. The van der Waals surface area contributed by atoms with Gasteiger partial charge in [0.2, 0.25) is 0 Å². The first-order valence-corrected chi connectivity index (χ1v) is 10.1. The smallest absolute Gasteiger partial charge is 0.271 e. The van der Waals surface area contributed by atoms with Crippen molar-refractivity contribution in [3.8, 4) is 17.2 Å². The van der Waals surface area contributed by atoms with E-state index in [-0.39, 0.29) is 5.56 Å². The quantitative estimate of drug-likeness (QED) is 0.518. The summed E-state index contributed by atoms with van der Waals surface area (Å²) >= 11 is 0. The fraction of sp³-hybridized carbons (Fsp3) is 0.125. The van der Waals surface area contributed by atoms with Crippen LogP contribution in [0.5, 0.6) is 17.2 Å². The summed E-state index contributed by atoms with van der Waals surface area (Å²) in [6.07, 6.45) is 0. The van der Waals surface area contributed by atoms with E-state index in [1.54, 1.807) is 60.7 Å². The summed E-state index contributed by atoms with van der Waals surface area (Å²) in [5, 5.41) is 2.71. The van der Waals surface area contributed by atoms with Gasteiger partial charge in [-0.15, -0.1) is 0 Å². The van der Waals surface area contributed by atoms with Crippen molar-refractivity contribution in [2.24, 2.45) is 0 Å². The third-order valence-corrected chi connectivity index (χ3v) is 4.87. The van der Waals surface area contributed by atoms with E-state index >= 15 is 0 Å². The zero-order chi connectivity index (χ0) is 23.2. The van der Waals surface area contributed by atoms with Gasteiger partial charge >= 0.3 is 0 Å². The molecule has 0 fully saturated rings. The lowest BCUT2D eigenvalue weighted by Crippen LogP contribution is -2.42. The van der Waals surface area contributed by atoms with Crippen LogP contribution < -0.4 is 30.4 Å². The van der Waals surface area contributed by atoms with Gasteiger partial charge in [-0.3, -0.25) is 25.2 Å². The van der Waals surface area contributed by atoms with Crippen LogP contribution in [0.1, 0.15) is 31.1 Å². The van der Waals surface area contributed by atoms with E-state index in [1.165, 1.54) is 13.2 Å². The highest BCUT2D eigenvalue weighted by atomic mass is 16.6. The normalized spacial score (nSPS) is 11.8. The molecule has 33 heavy (non-hydrogen) atoms. The van der Waals surface area contributed by atoms with Gasteiger partial charge in [0.05, 0.1) is 18.4 Å². The second-order valence-electron chi connectivity index (χ2n) is 6.99. The average molecular weight is 447 g/mol. The molecule has 3 aromatic rings. The van der Waals surface area contributed by atoms with Gasteiger partial charge in [-0.1, -0.05) is 12.1 Å². The molecule has 0 radical (unpaired) electrons. The Morgan fingerprint density at radius 1 is 0.758 bits per heavy atom. The molecular formula is C24H21N3O6. The molecule has 1 aliphatic heterocycles. The molecule has 1 heterocycles. The summed E-state index contributed by atoms with van der Waals surface area (Å²) in [5.41, 5.74) is 5.91. The second-order valence-corrected chi connectivity index (χ2v) is 6.99. The largest absolute Gasteiger partial charge is 0.497 e. The van der Waals surface area contributed by atoms with Crippen molar-refractivity contribution in [3.63, 3.8) is 0 Å². The van der Waals surface area contributed by atoms with Crippen molar-refractivity contribution in [2.75, 3.05) is 25.6 Å². The molecule has 0 aromatic heterocycles. The summed E-state index contributed by atoms with van der Waals surface area (Å²) < 4.78 is 16.0. The minimum atomic E-state index is -0.591. The predicted molar refractivity (Wildman–Crippen MR) is 120 cm³/mol. The number of hydrazine groups is 1. The molecule has 0 bridgehead atoms. The molecule has 9 heteroatoms. The van der Waals surface area contributed by atoms with Gasteiger partial charge in [0.15, 0.2) is 11.5 Å². The zero-order valence-corrected chi connectivity index (χ0v) is 17.7. The summed E-state index contributed by atoms with van der Waals surface area (Å²) in [6, 6.07) is 17.8. The number of carbonyl (C=O) groups excluding carboxylic acids is 3. The molecule has 0 saturated carbocycles. The number of fused-ring (bicyclic) bond motifs is 1. The molecule has 1 aliphatic rings. The molecule has 0 saturated heterocycles. The number of methoxy groups -OCH3 is 1. The van der Waals surface area contributed by atoms with E-state index < -0.39 is 17.7 Å². The van der Waals surface area contributed by atoms with Crippen molar-refractivity contribution in [1.82, 2.24) is 10.9 Å². The van der Waals surface area contributed by atoms with Crippen LogP contribution in [0, 0.1) is 0 Å². The number of anilines is 1. The number of hydrogen-bond donors (Lipinski definition) is 3. The van der Waals surface area contributed by atoms with E-state index in [9.17, 15) is 14.4 Å². The van der Waals surface area contributed by atoms with Gasteiger partial charge in [0, 0.05) is 11.1 Å². The Hall–Kier alpha value is -4.53. The molecule has 9 nitrogen and oxygen atoms in total. The van der Waals surface area contributed by atoms with Crippen LogP contribution >= 0.6 is 0 Å². The van der Waals surface area contributed by atoms with Gasteiger partial charge in [-0.25, -0.2) is 0 Å². The maximum absolute atomic E-state index is 12.7. The van der Waals surface area contributed by atoms with Crippen LogP contribution in [0.15, 0.2) is 66.7 Å². The highest BCUT2D eigenvalue weighted by Gasteiger charge is 2.17. The monoisotopic (exact) mass is 447 g/mol. The standard InChI is InChI=1S/C24H21N3O6/c1-31-17-9-6-15(7-10-17)22(28)25-19-5-3-2-4-18(19)24(30)27-26-23(29)16-8-11-20-21(14-16)33-13-12-32-20/h2-11,14H,12-13H2,1H3,(H,25,28)(H,26,29)(H,27,30). The Bertz CT molecular complexity index is 1190. The van der Waals surface area contributed by atoms with Crippen molar-refractivity contribution >= 4 is 23.4 Å². The Morgan fingerprint density at radius 2 is 1.42 bits per heavy atom. The summed E-state index contributed by atoms with van der Waals surface area (Å²) in [6.45, 7) is 0.844. The van der Waals surface area contributed by atoms with Crippen LogP contribution in [0.2, 0.25) is 0 Å². The Labute approximate surface area is 189 Å². The summed E-state index contributed by atoms with van der Waals surface area (Å²) in [4.78, 5) is 37.7. The summed E-state index contributed by atoms with van der Waals surface area (Å²) in [7, 11) is 1.54. The van der Waals surface area contributed by atoms with Crippen LogP contribution in [-0.2, 0) is 0 Å². The average Bonchev–Trinajstić information content (AvgIpc) is 2.87. The van der Waals surface area contributed by atoms with Crippen molar-refractivity contribution in [1.29, 1.82) is 0 Å². The van der Waals surface area contributed by atoms with Crippen LogP contribution in [-0.4, -0.2) is 38.0 Å². The lowest BCUT2D eigenvalue weighted by atomic mass is 10.1. The number of nitrogens with one attached hydrogen (secondary N) is 3. The maximum atomic E-state index is 12.7. The van der Waals surface area contributed by atoms with Gasteiger partial charge in [0.1, 0.15) is 19.0 Å². The van der Waals surface area contributed by atoms with Crippen LogP contribution in [0.3, 0.4) is 0 Å². The molecular weight excluding hydrogens is 426 g/mol. The predicted octanol–water partition coefficient (Wildman–Crippen LogP) is 2.79. The van der Waals surface area contributed by atoms with E-state index in [0.29, 0.717) is 47.3 Å². The van der Waals surface area contributed by atoms with E-state index in [4.69, 9.17) is 14.2 Å². The molecule has 3 amide bonds. The molecule has 3 aromatic carbocycles.